The Hall–Kier alpha value is -0.310. The standard InChI is InChI=1S/C16H16BrF3N2S.2ClH/c17-13-4-3-11(16(18,19)20)10-12(13)15(14-2-1-9-23-14)22-7-5-21-6-8-22;;/h1-4,9-10,15,21H,5-8H2;2*1H/t15-;;/m1../s1. The van der Waals surface area contributed by atoms with Crippen LogP contribution in [0.4, 0.5) is 13.2 Å². The number of nitrogens with zero attached hydrogens (tertiary/aromatic N) is 1. The van der Waals surface area contributed by atoms with Crippen molar-refractivity contribution >= 4 is 52.1 Å². The zero-order chi connectivity index (χ0) is 16.4. The van der Waals surface area contributed by atoms with Crippen molar-refractivity contribution in [2.24, 2.45) is 0 Å². The lowest BCUT2D eigenvalue weighted by Crippen LogP contribution is -2.45. The maximum absolute atomic E-state index is 13.1. The van der Waals surface area contributed by atoms with E-state index < -0.39 is 11.7 Å². The van der Waals surface area contributed by atoms with E-state index in [1.807, 2.05) is 17.5 Å². The minimum absolute atomic E-state index is 0. The molecule has 0 spiro atoms. The van der Waals surface area contributed by atoms with Gasteiger partial charge in [0, 0.05) is 35.5 Å². The Labute approximate surface area is 169 Å². The Morgan fingerprint density at radius 2 is 1.80 bits per heavy atom. The number of thiophene rings is 1. The van der Waals surface area contributed by atoms with Gasteiger partial charge in [0.25, 0.3) is 0 Å². The highest BCUT2D eigenvalue weighted by molar-refractivity contribution is 9.10. The van der Waals surface area contributed by atoms with E-state index >= 15 is 0 Å². The molecule has 25 heavy (non-hydrogen) atoms. The monoisotopic (exact) mass is 476 g/mol. The van der Waals surface area contributed by atoms with Gasteiger partial charge in [-0.1, -0.05) is 22.0 Å². The molecule has 2 heterocycles. The van der Waals surface area contributed by atoms with Crippen molar-refractivity contribution < 1.29 is 13.2 Å². The summed E-state index contributed by atoms with van der Waals surface area (Å²) < 4.78 is 40.0. The fourth-order valence-electron chi connectivity index (χ4n) is 2.85. The topological polar surface area (TPSA) is 15.3 Å². The number of benzene rings is 1. The van der Waals surface area contributed by atoms with Crippen molar-refractivity contribution in [3.63, 3.8) is 0 Å². The molecular formula is C16H18BrCl2F3N2S. The van der Waals surface area contributed by atoms with Crippen molar-refractivity contribution in [1.29, 1.82) is 0 Å². The number of hydrogen-bond acceptors (Lipinski definition) is 3. The molecule has 1 fully saturated rings. The summed E-state index contributed by atoms with van der Waals surface area (Å²) >= 11 is 5.02. The number of halogens is 6. The van der Waals surface area contributed by atoms with Crippen molar-refractivity contribution in [2.75, 3.05) is 26.2 Å². The van der Waals surface area contributed by atoms with Crippen LogP contribution in [0.3, 0.4) is 0 Å². The van der Waals surface area contributed by atoms with Crippen molar-refractivity contribution in [3.8, 4) is 0 Å². The summed E-state index contributed by atoms with van der Waals surface area (Å²) in [6.45, 7) is 3.31. The van der Waals surface area contributed by atoms with E-state index in [0.29, 0.717) is 10.0 Å². The van der Waals surface area contributed by atoms with Gasteiger partial charge in [0.1, 0.15) is 0 Å². The number of nitrogens with one attached hydrogen (secondary N) is 1. The molecule has 0 amide bonds. The van der Waals surface area contributed by atoms with Crippen LogP contribution in [-0.4, -0.2) is 31.1 Å². The number of hydrogen-bond donors (Lipinski definition) is 1. The fourth-order valence-corrected chi connectivity index (χ4v) is 4.19. The molecule has 1 atom stereocenters. The average molecular weight is 478 g/mol. The van der Waals surface area contributed by atoms with Crippen LogP contribution in [0.25, 0.3) is 0 Å². The second kappa shape index (κ2) is 9.58. The van der Waals surface area contributed by atoms with Gasteiger partial charge in [0.2, 0.25) is 0 Å². The van der Waals surface area contributed by atoms with Crippen molar-refractivity contribution in [1.82, 2.24) is 10.2 Å². The molecule has 0 saturated carbocycles. The molecular weight excluding hydrogens is 460 g/mol. The fraction of sp³-hybridized carbons (Fsp3) is 0.375. The van der Waals surface area contributed by atoms with Gasteiger partial charge >= 0.3 is 6.18 Å². The van der Waals surface area contributed by atoms with E-state index in [2.05, 4.69) is 26.1 Å². The van der Waals surface area contributed by atoms with Crippen molar-refractivity contribution in [2.45, 2.75) is 12.2 Å². The number of alkyl halides is 3. The van der Waals surface area contributed by atoms with E-state index in [-0.39, 0.29) is 30.9 Å². The average Bonchev–Trinajstić information content (AvgIpc) is 3.03. The lowest BCUT2D eigenvalue weighted by atomic mass is 10.00. The van der Waals surface area contributed by atoms with Crippen LogP contribution in [0.5, 0.6) is 0 Å². The SMILES string of the molecule is Cl.Cl.FC(F)(F)c1ccc(Br)c([C@H](c2cccs2)N2CCNCC2)c1. The summed E-state index contributed by atoms with van der Waals surface area (Å²) in [4.78, 5) is 3.30. The quantitative estimate of drug-likeness (QED) is 0.639. The van der Waals surface area contributed by atoms with Gasteiger partial charge < -0.3 is 5.32 Å². The second-order valence-corrected chi connectivity index (χ2v) is 7.27. The zero-order valence-corrected chi connectivity index (χ0v) is 17.1. The molecule has 1 N–H and O–H groups in total. The molecule has 0 radical (unpaired) electrons. The van der Waals surface area contributed by atoms with Crippen LogP contribution in [0.2, 0.25) is 0 Å². The molecule has 0 bridgehead atoms. The first-order valence-electron chi connectivity index (χ1n) is 7.31. The first-order valence-corrected chi connectivity index (χ1v) is 8.99. The Kier molecular flexibility index (Phi) is 8.71. The van der Waals surface area contributed by atoms with Gasteiger partial charge in [-0.05, 0) is 35.2 Å². The second-order valence-electron chi connectivity index (χ2n) is 5.44. The lowest BCUT2D eigenvalue weighted by molar-refractivity contribution is -0.137. The van der Waals surface area contributed by atoms with Crippen LogP contribution >= 0.6 is 52.1 Å². The van der Waals surface area contributed by atoms with Gasteiger partial charge in [-0.2, -0.15) is 13.2 Å². The van der Waals surface area contributed by atoms with Gasteiger partial charge in [-0.3, -0.25) is 4.90 Å². The Morgan fingerprint density at radius 3 is 2.36 bits per heavy atom. The van der Waals surface area contributed by atoms with Crippen LogP contribution in [0, 0.1) is 0 Å². The Bertz CT molecular complexity index is 662. The van der Waals surface area contributed by atoms with E-state index in [0.717, 1.165) is 37.1 Å². The Balaban J connectivity index is 0.00000156. The van der Waals surface area contributed by atoms with E-state index in [4.69, 9.17) is 0 Å². The van der Waals surface area contributed by atoms with Crippen LogP contribution in [0.15, 0.2) is 40.2 Å². The van der Waals surface area contributed by atoms with Crippen molar-refractivity contribution in [3.05, 3.63) is 56.2 Å². The van der Waals surface area contributed by atoms with E-state index in [1.165, 1.54) is 12.1 Å². The Morgan fingerprint density at radius 1 is 1.12 bits per heavy atom. The molecule has 3 rings (SSSR count). The van der Waals surface area contributed by atoms with Gasteiger partial charge in [-0.25, -0.2) is 0 Å². The summed E-state index contributed by atoms with van der Waals surface area (Å²) in [6.07, 6.45) is -4.33. The first kappa shape index (κ1) is 22.7. The summed E-state index contributed by atoms with van der Waals surface area (Å²) in [5.74, 6) is 0. The largest absolute Gasteiger partial charge is 0.416 e. The zero-order valence-electron chi connectivity index (χ0n) is 13.1. The lowest BCUT2D eigenvalue weighted by Gasteiger charge is -2.35. The molecule has 1 aromatic heterocycles. The number of piperazine rings is 1. The minimum atomic E-state index is -4.33. The maximum Gasteiger partial charge on any atom is 0.416 e. The molecule has 1 aliphatic rings. The third-order valence-electron chi connectivity index (χ3n) is 3.95. The van der Waals surface area contributed by atoms with Gasteiger partial charge in [0.15, 0.2) is 0 Å². The van der Waals surface area contributed by atoms with Crippen LogP contribution < -0.4 is 5.32 Å². The van der Waals surface area contributed by atoms with E-state index in [9.17, 15) is 13.2 Å². The highest BCUT2D eigenvalue weighted by Gasteiger charge is 2.33. The highest BCUT2D eigenvalue weighted by Crippen LogP contribution is 2.39. The summed E-state index contributed by atoms with van der Waals surface area (Å²) in [7, 11) is 0. The summed E-state index contributed by atoms with van der Waals surface area (Å²) in [6, 6.07) is 7.67. The molecule has 9 heteroatoms. The molecule has 0 unspecified atom stereocenters. The third kappa shape index (κ3) is 5.34. The van der Waals surface area contributed by atoms with Gasteiger partial charge in [-0.15, -0.1) is 36.2 Å². The van der Waals surface area contributed by atoms with Crippen LogP contribution in [-0.2, 0) is 6.18 Å². The highest BCUT2D eigenvalue weighted by atomic mass is 79.9. The first-order chi connectivity index (χ1) is 11.0. The summed E-state index contributed by atoms with van der Waals surface area (Å²) in [5.41, 5.74) is 0.0663. The van der Waals surface area contributed by atoms with Gasteiger partial charge in [0.05, 0.1) is 11.6 Å². The minimum Gasteiger partial charge on any atom is -0.314 e. The smallest absolute Gasteiger partial charge is 0.314 e. The van der Waals surface area contributed by atoms with E-state index in [1.54, 1.807) is 11.3 Å². The molecule has 140 valence electrons. The predicted molar refractivity (Wildman–Crippen MR) is 104 cm³/mol. The number of rotatable bonds is 3. The predicted octanol–water partition coefficient (Wildman–Crippen LogP) is 5.37. The molecule has 2 aromatic rings. The normalized spacial score (nSPS) is 16.6. The summed E-state index contributed by atoms with van der Waals surface area (Å²) in [5, 5.41) is 5.25. The molecule has 1 aromatic carbocycles. The third-order valence-corrected chi connectivity index (χ3v) is 5.59. The molecule has 1 saturated heterocycles. The molecule has 1 aliphatic heterocycles. The van der Waals surface area contributed by atoms with Crippen LogP contribution in [0.1, 0.15) is 22.0 Å². The molecule has 2 nitrogen and oxygen atoms in total. The molecule has 0 aliphatic carbocycles. The maximum atomic E-state index is 13.1.